The highest BCUT2D eigenvalue weighted by Gasteiger charge is 2.50. The molecule has 0 saturated carbocycles. The number of amidine groups is 1. The van der Waals surface area contributed by atoms with Gasteiger partial charge in [-0.1, -0.05) is 0 Å². The van der Waals surface area contributed by atoms with Crippen molar-refractivity contribution >= 4 is 11.8 Å². The molecule has 6 N–H and O–H groups in total. The molecule has 0 bridgehead atoms. The van der Waals surface area contributed by atoms with Crippen molar-refractivity contribution in [2.45, 2.75) is 24.5 Å². The topological polar surface area (TPSA) is 151 Å². The second-order valence-corrected chi connectivity index (χ2v) is 5.04. The maximum Gasteiger partial charge on any atom is 0.201 e. The van der Waals surface area contributed by atoms with Gasteiger partial charge in [-0.3, -0.25) is 4.90 Å². The minimum absolute atomic E-state index is 0.00731. The van der Waals surface area contributed by atoms with E-state index in [1.54, 1.807) is 5.94 Å². The lowest BCUT2D eigenvalue weighted by Gasteiger charge is -2.29. The molecule has 0 aromatic carbocycles. The van der Waals surface area contributed by atoms with E-state index in [0.29, 0.717) is 11.5 Å². The number of aliphatic hydroxyl groups is 2. The predicted molar refractivity (Wildman–Crippen MR) is 74.5 cm³/mol. The summed E-state index contributed by atoms with van der Waals surface area (Å²) >= 11 is 0. The first-order chi connectivity index (χ1) is 11.1. The van der Waals surface area contributed by atoms with Crippen LogP contribution in [0.25, 0.3) is 0 Å². The largest absolute Gasteiger partial charge is 0.387 e. The normalized spacial score (nSPS) is 33.1. The number of nitrogens with zero attached hydrogens (tertiary/aromatic N) is 2. The van der Waals surface area contributed by atoms with Crippen LogP contribution < -0.4 is 16.4 Å². The zero-order valence-electron chi connectivity index (χ0n) is 12.2. The Kier molecular flexibility index (Phi) is 4.22. The van der Waals surface area contributed by atoms with Crippen LogP contribution in [0.5, 0.6) is 0 Å². The molecule has 0 aromatic rings. The van der Waals surface area contributed by atoms with Gasteiger partial charge in [0.25, 0.3) is 0 Å². The summed E-state index contributed by atoms with van der Waals surface area (Å²) in [5, 5.41) is 26.0. The van der Waals surface area contributed by atoms with Crippen LogP contribution in [-0.2, 0) is 19.3 Å². The Morgan fingerprint density at radius 3 is 3.00 bits per heavy atom. The van der Waals surface area contributed by atoms with Crippen molar-refractivity contribution in [2.75, 3.05) is 20.4 Å². The van der Waals surface area contributed by atoms with Gasteiger partial charge in [-0.25, -0.2) is 19.6 Å². The fraction of sp³-hybridized carbons (Fsp3) is 0.583. The monoisotopic (exact) mass is 327 g/mol. The first-order valence-corrected chi connectivity index (χ1v) is 6.85. The third-order valence-electron chi connectivity index (χ3n) is 3.75. The molecule has 0 aromatic heterocycles. The van der Waals surface area contributed by atoms with Gasteiger partial charge in [0.1, 0.15) is 48.9 Å². The lowest BCUT2D eigenvalue weighted by molar-refractivity contribution is -0.290. The van der Waals surface area contributed by atoms with Crippen LogP contribution in [0.15, 0.2) is 22.3 Å². The van der Waals surface area contributed by atoms with Crippen LogP contribution in [0.4, 0.5) is 0 Å². The highest BCUT2D eigenvalue weighted by atomic mass is 17.2. The molecule has 0 aliphatic carbocycles. The number of carbonyl (C=O) groups excluding carboxylic acids is 1. The zero-order valence-corrected chi connectivity index (χ0v) is 12.2. The summed E-state index contributed by atoms with van der Waals surface area (Å²) in [5.41, 5.74) is 6.17. The highest BCUT2D eigenvalue weighted by molar-refractivity contribution is 5.98. The van der Waals surface area contributed by atoms with Gasteiger partial charge in [0.15, 0.2) is 12.2 Å². The molecule has 0 amide bonds. The Hall–Kier alpha value is -2.14. The molecule has 11 nitrogen and oxygen atoms in total. The predicted octanol–water partition coefficient (Wildman–Crippen LogP) is -3.32. The van der Waals surface area contributed by atoms with E-state index in [2.05, 4.69) is 20.5 Å². The van der Waals surface area contributed by atoms with E-state index in [9.17, 15) is 15.0 Å². The lowest BCUT2D eigenvalue weighted by atomic mass is 10.1. The summed E-state index contributed by atoms with van der Waals surface area (Å²) in [6.07, 6.45) is -4.38. The Morgan fingerprint density at radius 1 is 1.52 bits per heavy atom. The SMILES string of the molecule is COOC[C@H]1O[C@@H](N2C(=C=O)NC3=C2NCN=C3N)[C@H](O)[C@@H]1O. The smallest absolute Gasteiger partial charge is 0.201 e. The number of nitrogens with two attached hydrogens (primary N) is 1. The average Bonchev–Trinajstić information content (AvgIpc) is 3.05. The van der Waals surface area contributed by atoms with Crippen LogP contribution in [0.1, 0.15) is 0 Å². The molecule has 126 valence electrons. The Labute approximate surface area is 130 Å². The Balaban J connectivity index is 1.87. The molecular weight excluding hydrogens is 310 g/mol. The number of hydrogen-bond donors (Lipinski definition) is 5. The number of rotatable bonds is 4. The van der Waals surface area contributed by atoms with Crippen LogP contribution in [0.3, 0.4) is 0 Å². The number of nitrogens with one attached hydrogen (secondary N) is 2. The molecule has 0 radical (unpaired) electrons. The number of aliphatic imine (C=N–C) groups is 1. The van der Waals surface area contributed by atoms with E-state index < -0.39 is 24.5 Å². The van der Waals surface area contributed by atoms with E-state index in [1.807, 2.05) is 0 Å². The molecule has 1 fully saturated rings. The van der Waals surface area contributed by atoms with E-state index >= 15 is 0 Å². The summed E-state index contributed by atoms with van der Waals surface area (Å²) in [7, 11) is 1.32. The van der Waals surface area contributed by atoms with Gasteiger partial charge in [0.05, 0.1) is 7.11 Å². The third kappa shape index (κ3) is 2.55. The van der Waals surface area contributed by atoms with Crippen LogP contribution in [0, 0.1) is 0 Å². The van der Waals surface area contributed by atoms with E-state index in [0.717, 1.165) is 0 Å². The first kappa shape index (κ1) is 15.7. The molecule has 0 unspecified atom stereocenters. The van der Waals surface area contributed by atoms with Crippen molar-refractivity contribution in [1.29, 1.82) is 0 Å². The van der Waals surface area contributed by atoms with E-state index in [-0.39, 0.29) is 24.9 Å². The molecular formula is C12H17N5O6. The molecule has 23 heavy (non-hydrogen) atoms. The summed E-state index contributed by atoms with van der Waals surface area (Å²) in [5.74, 6) is 2.34. The quantitative estimate of drug-likeness (QED) is 0.201. The standard InChI is InChI=1S/C12H17N5O6/c1-21-22-3-5-8(19)9(20)12(23-5)17-6(2-18)16-7-10(13)14-4-15-11(7)17/h5,8-9,12,15-16,19-20H,3-4H2,1H3,(H2,13,14)/t5-,8-,9-,12-/m1/s1. The molecule has 3 aliphatic rings. The minimum Gasteiger partial charge on any atom is -0.387 e. The van der Waals surface area contributed by atoms with Crippen molar-refractivity contribution < 1.29 is 29.5 Å². The maximum atomic E-state index is 11.2. The number of hydrogen-bond acceptors (Lipinski definition) is 11. The highest BCUT2D eigenvalue weighted by Crippen LogP contribution is 2.32. The summed E-state index contributed by atoms with van der Waals surface area (Å²) in [6.45, 7) is 0.117. The third-order valence-corrected chi connectivity index (χ3v) is 3.75. The van der Waals surface area contributed by atoms with Gasteiger partial charge in [-0.2, -0.15) is 0 Å². The van der Waals surface area contributed by atoms with Gasteiger partial charge >= 0.3 is 0 Å². The van der Waals surface area contributed by atoms with Crippen molar-refractivity contribution in [3.05, 3.63) is 17.3 Å². The molecule has 0 spiro atoms. The van der Waals surface area contributed by atoms with Crippen molar-refractivity contribution in [3.63, 3.8) is 0 Å². The van der Waals surface area contributed by atoms with Gasteiger partial charge in [0.2, 0.25) is 5.82 Å². The first-order valence-electron chi connectivity index (χ1n) is 6.85. The molecule has 4 atom stereocenters. The van der Waals surface area contributed by atoms with Gasteiger partial charge in [0, 0.05) is 0 Å². The van der Waals surface area contributed by atoms with Gasteiger partial charge in [-0.15, -0.1) is 0 Å². The van der Waals surface area contributed by atoms with Gasteiger partial charge < -0.3 is 31.3 Å². The van der Waals surface area contributed by atoms with Crippen molar-refractivity contribution in [3.8, 4) is 0 Å². The Bertz CT molecular complexity index is 601. The molecule has 1 saturated heterocycles. The lowest BCUT2D eigenvalue weighted by Crippen LogP contribution is -2.45. The van der Waals surface area contributed by atoms with Crippen LogP contribution in [0.2, 0.25) is 0 Å². The second kappa shape index (κ2) is 6.16. The molecule has 11 heteroatoms. The summed E-state index contributed by atoms with van der Waals surface area (Å²) in [4.78, 5) is 25.8. The van der Waals surface area contributed by atoms with Crippen LogP contribution in [-0.4, -0.2) is 71.8 Å². The second-order valence-electron chi connectivity index (χ2n) is 5.04. The van der Waals surface area contributed by atoms with Crippen molar-refractivity contribution in [2.24, 2.45) is 10.7 Å². The van der Waals surface area contributed by atoms with Gasteiger partial charge in [-0.05, 0) is 0 Å². The molecule has 3 aliphatic heterocycles. The molecule has 3 heterocycles. The summed E-state index contributed by atoms with van der Waals surface area (Å²) in [6, 6.07) is 0. The summed E-state index contributed by atoms with van der Waals surface area (Å²) < 4.78 is 5.61. The van der Waals surface area contributed by atoms with Crippen LogP contribution >= 0.6 is 0 Å². The van der Waals surface area contributed by atoms with E-state index in [1.165, 1.54) is 12.0 Å². The molecule has 3 rings (SSSR count). The minimum atomic E-state index is -1.29. The Morgan fingerprint density at radius 2 is 2.30 bits per heavy atom. The van der Waals surface area contributed by atoms with E-state index in [4.69, 9.17) is 15.4 Å². The maximum absolute atomic E-state index is 11.2. The fourth-order valence-corrected chi connectivity index (χ4v) is 2.65. The average molecular weight is 327 g/mol. The number of ether oxygens (including phenoxy) is 1. The number of aliphatic hydroxyl groups excluding tert-OH is 2. The van der Waals surface area contributed by atoms with Crippen molar-refractivity contribution in [1.82, 2.24) is 15.5 Å². The zero-order chi connectivity index (χ0) is 16.6. The fourth-order valence-electron chi connectivity index (χ4n) is 2.65.